The molecular formula is C19H24N2O2S. The summed E-state index contributed by atoms with van der Waals surface area (Å²) in [6, 6.07) is 8.27. The van der Waals surface area contributed by atoms with Crippen molar-refractivity contribution in [2.45, 2.75) is 45.1 Å². The highest BCUT2D eigenvalue weighted by Gasteiger charge is 2.20. The van der Waals surface area contributed by atoms with Crippen LogP contribution in [0.4, 0.5) is 0 Å². The van der Waals surface area contributed by atoms with Crippen LogP contribution in [-0.2, 0) is 11.2 Å². The van der Waals surface area contributed by atoms with Crippen LogP contribution in [-0.4, -0.2) is 28.6 Å². The molecule has 2 aromatic rings. The van der Waals surface area contributed by atoms with Gasteiger partial charge in [-0.1, -0.05) is 36.2 Å². The molecule has 128 valence electrons. The molecule has 3 rings (SSSR count). The first kappa shape index (κ1) is 17.1. The van der Waals surface area contributed by atoms with Gasteiger partial charge in [0.1, 0.15) is 5.01 Å². The zero-order valence-electron chi connectivity index (χ0n) is 14.0. The second-order valence-electron chi connectivity index (χ2n) is 6.68. The lowest BCUT2D eigenvalue weighted by Gasteiger charge is -2.25. The molecule has 0 spiro atoms. The lowest BCUT2D eigenvalue weighted by atomic mass is 9.87. The third-order valence-corrected chi connectivity index (χ3v) is 5.48. The van der Waals surface area contributed by atoms with Crippen molar-refractivity contribution in [3.8, 4) is 10.6 Å². The maximum atomic E-state index is 12.1. The monoisotopic (exact) mass is 344 g/mol. The summed E-state index contributed by atoms with van der Waals surface area (Å²) in [6.45, 7) is 2.72. The zero-order chi connectivity index (χ0) is 16.9. The number of aliphatic hydroxyl groups is 1. The number of nitrogens with one attached hydrogen (secondary N) is 1. The number of hydrogen-bond acceptors (Lipinski definition) is 4. The molecule has 1 aliphatic rings. The molecule has 1 heterocycles. The first-order valence-corrected chi connectivity index (χ1v) is 9.44. The van der Waals surface area contributed by atoms with E-state index in [4.69, 9.17) is 0 Å². The number of rotatable bonds is 5. The van der Waals surface area contributed by atoms with Crippen LogP contribution in [0.3, 0.4) is 0 Å². The van der Waals surface area contributed by atoms with E-state index in [9.17, 15) is 9.90 Å². The first-order chi connectivity index (χ1) is 11.6. The molecule has 1 aliphatic carbocycles. The van der Waals surface area contributed by atoms with Gasteiger partial charge in [0, 0.05) is 17.5 Å². The van der Waals surface area contributed by atoms with Crippen LogP contribution in [0.15, 0.2) is 29.6 Å². The zero-order valence-corrected chi connectivity index (χ0v) is 14.8. The largest absolute Gasteiger partial charge is 0.393 e. The van der Waals surface area contributed by atoms with Gasteiger partial charge < -0.3 is 10.4 Å². The summed E-state index contributed by atoms with van der Waals surface area (Å²) >= 11 is 1.57. The van der Waals surface area contributed by atoms with Gasteiger partial charge in [0.25, 0.3) is 0 Å². The highest BCUT2D eigenvalue weighted by atomic mass is 32.1. The summed E-state index contributed by atoms with van der Waals surface area (Å²) in [5, 5.41) is 15.6. The number of thiazole rings is 1. The Morgan fingerprint density at radius 3 is 2.88 bits per heavy atom. The van der Waals surface area contributed by atoms with Crippen LogP contribution < -0.4 is 5.32 Å². The first-order valence-electron chi connectivity index (χ1n) is 8.56. The van der Waals surface area contributed by atoms with Crippen molar-refractivity contribution >= 4 is 17.2 Å². The average Bonchev–Trinajstić information content (AvgIpc) is 3.02. The predicted octanol–water partition coefficient (Wildman–Crippen LogP) is 3.33. The molecule has 1 amide bonds. The van der Waals surface area contributed by atoms with Crippen LogP contribution >= 0.6 is 11.3 Å². The van der Waals surface area contributed by atoms with Gasteiger partial charge >= 0.3 is 0 Å². The van der Waals surface area contributed by atoms with Gasteiger partial charge in [-0.05, 0) is 32.1 Å². The predicted molar refractivity (Wildman–Crippen MR) is 97.0 cm³/mol. The Balaban J connectivity index is 1.50. The van der Waals surface area contributed by atoms with Crippen molar-refractivity contribution in [1.29, 1.82) is 0 Å². The Kier molecular flexibility index (Phi) is 5.63. The molecule has 1 saturated carbocycles. The van der Waals surface area contributed by atoms with E-state index < -0.39 is 0 Å². The fourth-order valence-corrected chi connectivity index (χ4v) is 3.98. The molecule has 2 unspecified atom stereocenters. The van der Waals surface area contributed by atoms with E-state index in [2.05, 4.69) is 41.5 Å². The van der Waals surface area contributed by atoms with E-state index in [0.29, 0.717) is 18.9 Å². The fourth-order valence-electron chi connectivity index (χ4n) is 3.15. The molecule has 2 atom stereocenters. The molecule has 4 nitrogen and oxygen atoms in total. The van der Waals surface area contributed by atoms with E-state index >= 15 is 0 Å². The summed E-state index contributed by atoms with van der Waals surface area (Å²) in [6.07, 6.45) is 3.95. The third kappa shape index (κ3) is 4.65. The van der Waals surface area contributed by atoms with Crippen LogP contribution in [0.5, 0.6) is 0 Å². The summed E-state index contributed by atoms with van der Waals surface area (Å²) in [5.41, 5.74) is 3.13. The average molecular weight is 344 g/mol. The fraction of sp³-hybridized carbons (Fsp3) is 0.474. The summed E-state index contributed by atoms with van der Waals surface area (Å²) < 4.78 is 0. The van der Waals surface area contributed by atoms with Crippen molar-refractivity contribution < 1.29 is 9.90 Å². The van der Waals surface area contributed by atoms with Gasteiger partial charge in [-0.15, -0.1) is 11.3 Å². The minimum Gasteiger partial charge on any atom is -0.393 e. The molecule has 0 bridgehead atoms. The highest BCUT2D eigenvalue weighted by molar-refractivity contribution is 7.13. The quantitative estimate of drug-likeness (QED) is 0.874. The number of amides is 1. The molecule has 0 aliphatic heterocycles. The Labute approximate surface area is 146 Å². The third-order valence-electron chi connectivity index (χ3n) is 4.53. The smallest absolute Gasteiger partial charge is 0.226 e. The second kappa shape index (κ2) is 7.90. The minimum absolute atomic E-state index is 0.0100. The molecule has 1 aromatic heterocycles. The highest BCUT2D eigenvalue weighted by Crippen LogP contribution is 2.25. The van der Waals surface area contributed by atoms with Gasteiger partial charge in [0.05, 0.1) is 18.2 Å². The Bertz CT molecular complexity index is 681. The number of carbonyl (C=O) groups is 1. The van der Waals surface area contributed by atoms with E-state index in [0.717, 1.165) is 41.9 Å². The van der Waals surface area contributed by atoms with Gasteiger partial charge in [-0.25, -0.2) is 4.98 Å². The van der Waals surface area contributed by atoms with Gasteiger partial charge in [0.2, 0.25) is 5.91 Å². The van der Waals surface area contributed by atoms with E-state index in [-0.39, 0.29) is 12.0 Å². The maximum Gasteiger partial charge on any atom is 0.226 e. The number of nitrogens with zero attached hydrogens (tertiary/aromatic N) is 1. The lowest BCUT2D eigenvalue weighted by molar-refractivity contribution is -0.120. The SMILES string of the molecule is Cc1ccc(-c2nc(CC(=O)NCC3CCCC(O)C3)cs2)cc1. The number of benzene rings is 1. The van der Waals surface area contributed by atoms with E-state index in [1.54, 1.807) is 11.3 Å². The van der Waals surface area contributed by atoms with Crippen LogP contribution in [0.1, 0.15) is 36.9 Å². The Morgan fingerprint density at radius 2 is 2.12 bits per heavy atom. The summed E-state index contributed by atoms with van der Waals surface area (Å²) in [4.78, 5) is 16.7. The van der Waals surface area contributed by atoms with E-state index in [1.165, 1.54) is 5.56 Å². The molecule has 24 heavy (non-hydrogen) atoms. The Morgan fingerprint density at radius 1 is 1.33 bits per heavy atom. The number of aromatic nitrogens is 1. The van der Waals surface area contributed by atoms with Gasteiger partial charge in [0.15, 0.2) is 0 Å². The topological polar surface area (TPSA) is 62.2 Å². The molecular weight excluding hydrogens is 320 g/mol. The van der Waals surface area contributed by atoms with Crippen molar-refractivity contribution in [3.05, 3.63) is 40.9 Å². The molecule has 5 heteroatoms. The molecule has 0 radical (unpaired) electrons. The van der Waals surface area contributed by atoms with Crippen LogP contribution in [0.2, 0.25) is 0 Å². The van der Waals surface area contributed by atoms with Crippen LogP contribution in [0, 0.1) is 12.8 Å². The normalized spacial score (nSPS) is 20.8. The Hall–Kier alpha value is -1.72. The molecule has 2 N–H and O–H groups in total. The maximum absolute atomic E-state index is 12.1. The molecule has 1 aromatic carbocycles. The number of aliphatic hydroxyl groups excluding tert-OH is 1. The van der Waals surface area contributed by atoms with Crippen LogP contribution in [0.25, 0.3) is 10.6 Å². The molecule has 0 saturated heterocycles. The minimum atomic E-state index is -0.198. The van der Waals surface area contributed by atoms with Crippen molar-refractivity contribution in [1.82, 2.24) is 10.3 Å². The standard InChI is InChI=1S/C19H24N2O2S/c1-13-5-7-15(8-6-13)19-21-16(12-24-19)10-18(23)20-11-14-3-2-4-17(22)9-14/h5-8,12,14,17,22H,2-4,9-11H2,1H3,(H,20,23). The number of carbonyl (C=O) groups excluding carboxylic acids is 1. The second-order valence-corrected chi connectivity index (χ2v) is 7.54. The summed E-state index contributed by atoms with van der Waals surface area (Å²) in [5.74, 6) is 0.409. The van der Waals surface area contributed by atoms with Gasteiger partial charge in [-0.2, -0.15) is 0 Å². The number of hydrogen-bond donors (Lipinski definition) is 2. The summed E-state index contributed by atoms with van der Waals surface area (Å²) in [7, 11) is 0. The van der Waals surface area contributed by atoms with Crippen molar-refractivity contribution in [3.63, 3.8) is 0 Å². The van der Waals surface area contributed by atoms with Crippen molar-refractivity contribution in [2.24, 2.45) is 5.92 Å². The lowest BCUT2D eigenvalue weighted by Crippen LogP contribution is -2.33. The number of aryl methyl sites for hydroxylation is 1. The van der Waals surface area contributed by atoms with E-state index in [1.807, 2.05) is 5.38 Å². The molecule has 1 fully saturated rings. The van der Waals surface area contributed by atoms with Crippen molar-refractivity contribution in [2.75, 3.05) is 6.54 Å². The van der Waals surface area contributed by atoms with Gasteiger partial charge in [-0.3, -0.25) is 4.79 Å².